The van der Waals surface area contributed by atoms with Gasteiger partial charge in [0.25, 0.3) is 0 Å². The molecule has 1 amide bonds. The number of hydrogen-bond donors (Lipinski definition) is 2. The molecule has 0 bridgehead atoms. The van der Waals surface area contributed by atoms with Crippen molar-refractivity contribution >= 4 is 11.6 Å². The van der Waals surface area contributed by atoms with Crippen molar-refractivity contribution in [2.24, 2.45) is 0 Å². The molecular weight excluding hydrogens is 250 g/mol. The van der Waals surface area contributed by atoms with Gasteiger partial charge in [0.1, 0.15) is 0 Å². The molecule has 0 saturated heterocycles. The van der Waals surface area contributed by atoms with Gasteiger partial charge in [0.15, 0.2) is 0 Å². The van der Waals surface area contributed by atoms with Crippen LogP contribution in [-0.2, 0) is 17.8 Å². The predicted molar refractivity (Wildman–Crippen MR) is 80.5 cm³/mol. The van der Waals surface area contributed by atoms with Gasteiger partial charge in [-0.2, -0.15) is 0 Å². The molecule has 1 aromatic heterocycles. The molecule has 4 heteroatoms. The van der Waals surface area contributed by atoms with Crippen LogP contribution in [0.2, 0.25) is 0 Å². The normalized spacial score (nSPS) is 10.1. The third-order valence-corrected chi connectivity index (χ3v) is 3.04. The number of aromatic nitrogens is 1. The van der Waals surface area contributed by atoms with Crippen molar-refractivity contribution in [2.45, 2.75) is 19.9 Å². The number of aryl methyl sites for hydroxylation is 1. The van der Waals surface area contributed by atoms with E-state index in [4.69, 9.17) is 0 Å². The molecule has 2 aromatic rings. The van der Waals surface area contributed by atoms with Crippen LogP contribution in [0.3, 0.4) is 0 Å². The molecule has 1 aromatic carbocycles. The van der Waals surface area contributed by atoms with E-state index in [1.165, 1.54) is 0 Å². The summed E-state index contributed by atoms with van der Waals surface area (Å²) in [5.74, 6) is 0.0227. The van der Waals surface area contributed by atoms with E-state index in [1.54, 1.807) is 7.05 Å². The molecule has 2 rings (SSSR count). The second-order valence-electron chi connectivity index (χ2n) is 4.73. The van der Waals surface area contributed by atoms with E-state index in [0.29, 0.717) is 13.0 Å². The summed E-state index contributed by atoms with van der Waals surface area (Å²) in [4.78, 5) is 15.6. The number of benzene rings is 1. The topological polar surface area (TPSA) is 54.0 Å². The van der Waals surface area contributed by atoms with Gasteiger partial charge in [0.05, 0.1) is 18.7 Å². The quantitative estimate of drug-likeness (QED) is 0.875. The lowest BCUT2D eigenvalue weighted by molar-refractivity contribution is -0.119. The van der Waals surface area contributed by atoms with Crippen molar-refractivity contribution in [3.63, 3.8) is 0 Å². The van der Waals surface area contributed by atoms with Crippen LogP contribution >= 0.6 is 0 Å². The van der Waals surface area contributed by atoms with Crippen molar-refractivity contribution in [2.75, 3.05) is 12.4 Å². The summed E-state index contributed by atoms with van der Waals surface area (Å²) in [6.07, 6.45) is 2.28. The van der Waals surface area contributed by atoms with Gasteiger partial charge >= 0.3 is 0 Å². The van der Waals surface area contributed by atoms with Crippen LogP contribution in [0.1, 0.15) is 16.8 Å². The number of nitrogens with one attached hydrogen (secondary N) is 2. The van der Waals surface area contributed by atoms with Gasteiger partial charge in [-0.1, -0.05) is 18.2 Å². The predicted octanol–water partition coefficient (Wildman–Crippen LogP) is 2.29. The Hall–Kier alpha value is -2.36. The van der Waals surface area contributed by atoms with Crippen LogP contribution in [0.25, 0.3) is 0 Å². The smallest absolute Gasteiger partial charge is 0.224 e. The Labute approximate surface area is 119 Å². The first-order valence-corrected chi connectivity index (χ1v) is 6.62. The van der Waals surface area contributed by atoms with Gasteiger partial charge in [-0.15, -0.1) is 0 Å². The highest BCUT2D eigenvalue weighted by molar-refractivity contribution is 5.78. The summed E-state index contributed by atoms with van der Waals surface area (Å²) >= 11 is 0. The highest BCUT2D eigenvalue weighted by Crippen LogP contribution is 2.11. The standard InChI is InChI=1S/C16H19N3O/c1-12-3-6-15(18-10-12)11-19-14-7-4-13(5-8-14)9-16(20)17-2/h3-8,10,19H,9,11H2,1-2H3,(H,17,20). The molecule has 4 nitrogen and oxygen atoms in total. The Kier molecular flexibility index (Phi) is 4.71. The minimum Gasteiger partial charge on any atom is -0.379 e. The highest BCUT2D eigenvalue weighted by Gasteiger charge is 2.01. The van der Waals surface area contributed by atoms with Gasteiger partial charge in [-0.05, 0) is 36.2 Å². The van der Waals surface area contributed by atoms with E-state index >= 15 is 0 Å². The summed E-state index contributed by atoms with van der Waals surface area (Å²) < 4.78 is 0. The molecule has 20 heavy (non-hydrogen) atoms. The Balaban J connectivity index is 1.90. The maximum Gasteiger partial charge on any atom is 0.224 e. The zero-order chi connectivity index (χ0) is 14.4. The molecule has 0 fully saturated rings. The van der Waals surface area contributed by atoms with Crippen LogP contribution in [0, 0.1) is 6.92 Å². The van der Waals surface area contributed by atoms with E-state index < -0.39 is 0 Å². The van der Waals surface area contributed by atoms with E-state index in [9.17, 15) is 4.79 Å². The Morgan fingerprint density at radius 1 is 1.15 bits per heavy atom. The number of carbonyl (C=O) groups excluding carboxylic acids is 1. The molecule has 2 N–H and O–H groups in total. The largest absolute Gasteiger partial charge is 0.379 e. The summed E-state index contributed by atoms with van der Waals surface area (Å²) in [7, 11) is 1.65. The van der Waals surface area contributed by atoms with Crippen molar-refractivity contribution in [3.8, 4) is 0 Å². The second-order valence-corrected chi connectivity index (χ2v) is 4.73. The Bertz CT molecular complexity index is 561. The van der Waals surface area contributed by atoms with Gasteiger partial charge in [-0.3, -0.25) is 9.78 Å². The minimum absolute atomic E-state index is 0.0227. The Morgan fingerprint density at radius 3 is 2.50 bits per heavy atom. The SMILES string of the molecule is CNC(=O)Cc1ccc(NCc2ccc(C)cn2)cc1. The molecule has 0 radical (unpaired) electrons. The number of pyridine rings is 1. The maximum atomic E-state index is 11.3. The second kappa shape index (κ2) is 6.70. The maximum absolute atomic E-state index is 11.3. The van der Waals surface area contributed by atoms with Crippen LogP contribution in [0.4, 0.5) is 5.69 Å². The minimum atomic E-state index is 0.0227. The monoisotopic (exact) mass is 269 g/mol. The van der Waals surface area contributed by atoms with E-state index in [1.807, 2.05) is 43.5 Å². The molecule has 0 spiro atoms. The van der Waals surface area contributed by atoms with Gasteiger partial charge in [-0.25, -0.2) is 0 Å². The third-order valence-electron chi connectivity index (χ3n) is 3.04. The van der Waals surface area contributed by atoms with Crippen LogP contribution in [-0.4, -0.2) is 17.9 Å². The zero-order valence-corrected chi connectivity index (χ0v) is 11.8. The number of hydrogen-bond acceptors (Lipinski definition) is 3. The molecule has 0 aliphatic heterocycles. The number of likely N-dealkylation sites (N-methyl/N-ethyl adjacent to an activating group) is 1. The van der Waals surface area contributed by atoms with Gasteiger partial charge < -0.3 is 10.6 Å². The van der Waals surface area contributed by atoms with Gasteiger partial charge in [0, 0.05) is 18.9 Å². The van der Waals surface area contributed by atoms with Gasteiger partial charge in [0.2, 0.25) is 5.91 Å². The molecule has 104 valence electrons. The first-order valence-electron chi connectivity index (χ1n) is 6.62. The first-order chi connectivity index (χ1) is 9.67. The lowest BCUT2D eigenvalue weighted by Crippen LogP contribution is -2.19. The average Bonchev–Trinajstić information content (AvgIpc) is 2.48. The number of nitrogens with zero attached hydrogens (tertiary/aromatic N) is 1. The number of carbonyl (C=O) groups is 1. The van der Waals surface area contributed by atoms with Crippen molar-refractivity contribution in [3.05, 3.63) is 59.4 Å². The fourth-order valence-electron chi connectivity index (χ4n) is 1.81. The zero-order valence-electron chi connectivity index (χ0n) is 11.8. The lowest BCUT2D eigenvalue weighted by Gasteiger charge is -2.07. The first kappa shape index (κ1) is 14.1. The molecule has 0 aliphatic carbocycles. The van der Waals surface area contributed by atoms with Crippen LogP contribution in [0.15, 0.2) is 42.6 Å². The summed E-state index contributed by atoms with van der Waals surface area (Å²) in [6, 6.07) is 11.9. The van der Waals surface area contributed by atoms with Crippen LogP contribution < -0.4 is 10.6 Å². The molecular formula is C16H19N3O. The highest BCUT2D eigenvalue weighted by atomic mass is 16.1. The van der Waals surface area contributed by atoms with Crippen molar-refractivity contribution in [1.82, 2.24) is 10.3 Å². The molecule has 0 saturated carbocycles. The third kappa shape index (κ3) is 4.09. The summed E-state index contributed by atoms with van der Waals surface area (Å²) in [6.45, 7) is 2.71. The van der Waals surface area contributed by atoms with E-state index in [0.717, 1.165) is 22.5 Å². The summed E-state index contributed by atoms with van der Waals surface area (Å²) in [5.41, 5.74) is 4.19. The molecule has 0 unspecified atom stereocenters. The number of amides is 1. The number of rotatable bonds is 5. The summed E-state index contributed by atoms with van der Waals surface area (Å²) in [5, 5.41) is 5.93. The molecule has 0 aliphatic rings. The fourth-order valence-corrected chi connectivity index (χ4v) is 1.81. The molecule has 1 heterocycles. The van der Waals surface area contributed by atoms with E-state index in [-0.39, 0.29) is 5.91 Å². The van der Waals surface area contributed by atoms with Crippen molar-refractivity contribution < 1.29 is 4.79 Å². The average molecular weight is 269 g/mol. The number of anilines is 1. The fraction of sp³-hybridized carbons (Fsp3) is 0.250. The Morgan fingerprint density at radius 2 is 1.90 bits per heavy atom. The lowest BCUT2D eigenvalue weighted by atomic mass is 10.1. The van der Waals surface area contributed by atoms with E-state index in [2.05, 4.69) is 21.7 Å². The molecule has 0 atom stereocenters. The van der Waals surface area contributed by atoms with Crippen LogP contribution in [0.5, 0.6) is 0 Å². The van der Waals surface area contributed by atoms with Crippen molar-refractivity contribution in [1.29, 1.82) is 0 Å².